The average molecular weight is 412 g/mol. The summed E-state index contributed by atoms with van der Waals surface area (Å²) < 4.78 is 55.9. The van der Waals surface area contributed by atoms with Gasteiger partial charge in [0.05, 0.1) is 12.1 Å². The number of benzene rings is 2. The predicted molar refractivity (Wildman–Crippen MR) is 97.9 cm³/mol. The molecule has 0 saturated carbocycles. The van der Waals surface area contributed by atoms with E-state index in [1.165, 1.54) is 36.4 Å². The summed E-state index contributed by atoms with van der Waals surface area (Å²) in [4.78, 5) is 23.5. The van der Waals surface area contributed by atoms with Gasteiger partial charge in [-0.25, -0.2) is 4.39 Å². The van der Waals surface area contributed by atoms with E-state index in [1.54, 1.807) is 0 Å². The minimum absolute atomic E-state index is 0.0222. The molecule has 0 heterocycles. The van der Waals surface area contributed by atoms with Gasteiger partial charge in [-0.05, 0) is 48.9 Å². The molecule has 0 aliphatic carbocycles. The van der Waals surface area contributed by atoms with Crippen molar-refractivity contribution in [2.45, 2.75) is 19.0 Å². The fourth-order valence-corrected chi connectivity index (χ4v) is 2.36. The molecule has 29 heavy (non-hydrogen) atoms. The normalized spacial score (nSPS) is 11.0. The zero-order valence-corrected chi connectivity index (χ0v) is 15.4. The summed E-state index contributed by atoms with van der Waals surface area (Å²) in [6.07, 6.45) is -3.89. The van der Waals surface area contributed by atoms with Crippen molar-refractivity contribution in [3.63, 3.8) is 0 Å². The molecule has 2 aromatic carbocycles. The van der Waals surface area contributed by atoms with Gasteiger partial charge in [-0.3, -0.25) is 9.59 Å². The Morgan fingerprint density at radius 1 is 0.966 bits per heavy atom. The van der Waals surface area contributed by atoms with Crippen LogP contribution in [0.2, 0.25) is 0 Å². The lowest BCUT2D eigenvalue weighted by Crippen LogP contribution is -2.29. The first-order valence-corrected chi connectivity index (χ1v) is 8.86. The lowest BCUT2D eigenvalue weighted by Gasteiger charge is -2.11. The molecule has 156 valence electrons. The van der Waals surface area contributed by atoms with Crippen LogP contribution in [-0.4, -0.2) is 31.5 Å². The number of nitrogens with one attached hydrogen (secondary N) is 2. The molecule has 0 aliphatic heterocycles. The topological polar surface area (TPSA) is 67.4 Å². The highest BCUT2D eigenvalue weighted by Gasteiger charge is 2.30. The summed E-state index contributed by atoms with van der Waals surface area (Å²) >= 11 is 0. The predicted octanol–water partition coefficient (Wildman–Crippen LogP) is 3.55. The Labute approximate surface area is 165 Å². The van der Waals surface area contributed by atoms with E-state index in [2.05, 4.69) is 10.6 Å². The molecule has 2 rings (SSSR count). The van der Waals surface area contributed by atoms with E-state index in [9.17, 15) is 27.2 Å². The highest BCUT2D eigenvalue weighted by Crippen LogP contribution is 2.31. The lowest BCUT2D eigenvalue weighted by molar-refractivity contribution is -0.137. The van der Waals surface area contributed by atoms with E-state index in [1.807, 2.05) is 0 Å². The molecular formula is C20H20F4N2O3. The number of carbonyl (C=O) groups is 2. The summed E-state index contributed by atoms with van der Waals surface area (Å²) in [5, 5.41) is 5.21. The molecule has 0 bridgehead atoms. The smallest absolute Gasteiger partial charge is 0.416 e. The lowest BCUT2D eigenvalue weighted by atomic mass is 10.2. The Hall–Kier alpha value is -3.10. The second kappa shape index (κ2) is 10.4. The highest BCUT2D eigenvalue weighted by molar-refractivity contribution is 5.94. The maximum atomic E-state index is 12.8. The number of rotatable bonds is 9. The number of halogens is 4. The molecule has 5 nitrogen and oxygen atoms in total. The zero-order valence-electron chi connectivity index (χ0n) is 15.4. The minimum Gasteiger partial charge on any atom is -0.492 e. The molecule has 0 unspecified atom stereocenters. The molecule has 2 aromatic rings. The Bertz CT molecular complexity index is 823. The van der Waals surface area contributed by atoms with Crippen molar-refractivity contribution in [2.24, 2.45) is 0 Å². The van der Waals surface area contributed by atoms with Crippen molar-refractivity contribution in [1.29, 1.82) is 0 Å². The summed E-state index contributed by atoms with van der Waals surface area (Å²) in [7, 11) is 0. The molecule has 2 amide bonds. The number of alkyl halides is 3. The maximum Gasteiger partial charge on any atom is 0.416 e. The van der Waals surface area contributed by atoms with E-state index in [4.69, 9.17) is 4.74 Å². The van der Waals surface area contributed by atoms with Crippen LogP contribution in [0.15, 0.2) is 48.5 Å². The maximum absolute atomic E-state index is 12.8. The van der Waals surface area contributed by atoms with Crippen molar-refractivity contribution in [1.82, 2.24) is 10.6 Å². The number of carbonyl (C=O) groups excluding carboxylic acids is 2. The highest BCUT2D eigenvalue weighted by atomic mass is 19.4. The first kappa shape index (κ1) is 22.2. The van der Waals surface area contributed by atoms with Crippen LogP contribution < -0.4 is 15.4 Å². The third kappa shape index (κ3) is 7.81. The van der Waals surface area contributed by atoms with Crippen LogP contribution >= 0.6 is 0 Å². The molecule has 0 atom stereocenters. The van der Waals surface area contributed by atoms with Crippen molar-refractivity contribution in [2.75, 3.05) is 19.7 Å². The minimum atomic E-state index is -4.44. The van der Waals surface area contributed by atoms with Crippen molar-refractivity contribution in [3.8, 4) is 5.75 Å². The van der Waals surface area contributed by atoms with Crippen LogP contribution in [0, 0.1) is 5.82 Å². The standard InChI is InChI=1S/C20H20F4N2O3/c21-16-8-6-14(7-9-16)19(28)26-10-2-5-18(27)25-11-12-29-17-4-1-3-15(13-17)20(22,23)24/h1,3-4,6-9,13H,2,5,10-12H2,(H,25,27)(H,26,28). The summed E-state index contributed by atoms with van der Waals surface area (Å²) in [6.45, 7) is 0.426. The molecule has 0 aliphatic rings. The zero-order chi connectivity index (χ0) is 21.3. The van der Waals surface area contributed by atoms with Gasteiger partial charge in [-0.15, -0.1) is 0 Å². The number of hydrogen-bond acceptors (Lipinski definition) is 3. The average Bonchev–Trinajstić information content (AvgIpc) is 2.68. The van der Waals surface area contributed by atoms with Crippen LogP contribution in [0.3, 0.4) is 0 Å². The second-order valence-electron chi connectivity index (χ2n) is 6.09. The Morgan fingerprint density at radius 3 is 2.38 bits per heavy atom. The molecule has 0 saturated heterocycles. The monoisotopic (exact) mass is 412 g/mol. The number of hydrogen-bond donors (Lipinski definition) is 2. The van der Waals surface area contributed by atoms with Gasteiger partial charge < -0.3 is 15.4 Å². The van der Waals surface area contributed by atoms with Crippen molar-refractivity contribution in [3.05, 3.63) is 65.5 Å². The van der Waals surface area contributed by atoms with E-state index in [0.717, 1.165) is 12.1 Å². The Balaban J connectivity index is 1.59. The quantitative estimate of drug-likeness (QED) is 0.489. The van der Waals surface area contributed by atoms with Gasteiger partial charge in [0.15, 0.2) is 0 Å². The van der Waals surface area contributed by atoms with Crippen molar-refractivity contribution >= 4 is 11.8 Å². The first-order chi connectivity index (χ1) is 13.8. The summed E-state index contributed by atoms with van der Waals surface area (Å²) in [5.41, 5.74) is -0.482. The second-order valence-corrected chi connectivity index (χ2v) is 6.09. The van der Waals surface area contributed by atoms with Gasteiger partial charge in [0.25, 0.3) is 5.91 Å². The van der Waals surface area contributed by atoms with Gasteiger partial charge in [0.1, 0.15) is 18.2 Å². The molecule has 0 spiro atoms. The van der Waals surface area contributed by atoms with Gasteiger partial charge in [0, 0.05) is 18.5 Å². The number of ether oxygens (including phenoxy) is 1. The third-order valence-corrected chi connectivity index (χ3v) is 3.83. The van der Waals surface area contributed by atoms with Crippen LogP contribution in [0.25, 0.3) is 0 Å². The van der Waals surface area contributed by atoms with E-state index >= 15 is 0 Å². The Kier molecular flexibility index (Phi) is 7.99. The van der Waals surface area contributed by atoms with Crippen molar-refractivity contribution < 1.29 is 31.9 Å². The van der Waals surface area contributed by atoms with E-state index in [-0.39, 0.29) is 43.7 Å². The number of amides is 2. The van der Waals surface area contributed by atoms with Crippen LogP contribution in [0.4, 0.5) is 17.6 Å². The fourth-order valence-electron chi connectivity index (χ4n) is 2.36. The van der Waals surface area contributed by atoms with Crippen LogP contribution in [-0.2, 0) is 11.0 Å². The molecule has 0 aromatic heterocycles. The molecule has 0 fully saturated rings. The summed E-state index contributed by atoms with van der Waals surface area (Å²) in [5.74, 6) is -0.999. The SMILES string of the molecule is O=C(CCCNC(=O)c1ccc(F)cc1)NCCOc1cccc(C(F)(F)F)c1. The third-order valence-electron chi connectivity index (χ3n) is 3.83. The van der Waals surface area contributed by atoms with E-state index < -0.39 is 17.6 Å². The van der Waals surface area contributed by atoms with Gasteiger partial charge in [-0.2, -0.15) is 13.2 Å². The molecule has 2 N–H and O–H groups in total. The van der Waals surface area contributed by atoms with Gasteiger partial charge >= 0.3 is 6.18 Å². The largest absolute Gasteiger partial charge is 0.492 e. The molecule has 9 heteroatoms. The van der Waals surface area contributed by atoms with Gasteiger partial charge in [0.2, 0.25) is 5.91 Å². The summed E-state index contributed by atoms with van der Waals surface area (Å²) in [6, 6.07) is 9.59. The van der Waals surface area contributed by atoms with Gasteiger partial charge in [-0.1, -0.05) is 6.07 Å². The van der Waals surface area contributed by atoms with E-state index in [0.29, 0.717) is 12.0 Å². The van der Waals surface area contributed by atoms with Crippen LogP contribution in [0.1, 0.15) is 28.8 Å². The molecule has 0 radical (unpaired) electrons. The van der Waals surface area contributed by atoms with Crippen LogP contribution in [0.5, 0.6) is 5.75 Å². The first-order valence-electron chi connectivity index (χ1n) is 8.86. The fraction of sp³-hybridized carbons (Fsp3) is 0.300. The Morgan fingerprint density at radius 2 is 1.69 bits per heavy atom. The molecular weight excluding hydrogens is 392 g/mol.